The number of hydrogen-bond donors (Lipinski definition) is 1. The van der Waals surface area contributed by atoms with E-state index in [0.29, 0.717) is 13.1 Å². The van der Waals surface area contributed by atoms with E-state index in [1.807, 2.05) is 31.7 Å². The molecule has 0 radical (unpaired) electrons. The number of carbonyl (C=O) groups excluding carboxylic acids is 2. The molecule has 1 aromatic heterocycles. The highest BCUT2D eigenvalue weighted by Gasteiger charge is 2.28. The molecule has 1 fully saturated rings. The highest BCUT2D eigenvalue weighted by atomic mass is 32.1. The summed E-state index contributed by atoms with van der Waals surface area (Å²) in [5.74, 6) is 0.322. The Labute approximate surface area is 130 Å². The van der Waals surface area contributed by atoms with Crippen molar-refractivity contribution in [3.63, 3.8) is 0 Å². The van der Waals surface area contributed by atoms with Crippen LogP contribution in [0.25, 0.3) is 0 Å². The predicted octanol–water partition coefficient (Wildman–Crippen LogP) is 2.74. The zero-order valence-corrected chi connectivity index (χ0v) is 13.9. The first-order valence-corrected chi connectivity index (χ1v) is 8.48. The van der Waals surface area contributed by atoms with Crippen LogP contribution in [-0.2, 0) is 4.79 Å². The van der Waals surface area contributed by atoms with Crippen LogP contribution in [0.5, 0.6) is 0 Å². The van der Waals surface area contributed by atoms with Gasteiger partial charge in [0.05, 0.1) is 4.88 Å². The highest BCUT2D eigenvalue weighted by molar-refractivity contribution is 7.14. The molecule has 2 rings (SSSR count). The van der Waals surface area contributed by atoms with E-state index in [9.17, 15) is 9.59 Å². The topological polar surface area (TPSA) is 49.4 Å². The van der Waals surface area contributed by atoms with Crippen LogP contribution in [0.3, 0.4) is 0 Å². The van der Waals surface area contributed by atoms with Crippen molar-refractivity contribution in [3.05, 3.63) is 21.4 Å². The van der Waals surface area contributed by atoms with Gasteiger partial charge in [-0.05, 0) is 44.7 Å². The van der Waals surface area contributed by atoms with Crippen molar-refractivity contribution in [1.82, 2.24) is 10.2 Å². The van der Waals surface area contributed by atoms with Crippen LogP contribution in [0.1, 0.15) is 46.3 Å². The predicted molar refractivity (Wildman–Crippen MR) is 85.7 cm³/mol. The minimum absolute atomic E-state index is 0.0624. The van der Waals surface area contributed by atoms with Crippen LogP contribution in [-0.4, -0.2) is 36.3 Å². The van der Waals surface area contributed by atoms with Crippen LogP contribution in [0.4, 0.5) is 0 Å². The van der Waals surface area contributed by atoms with Crippen molar-refractivity contribution in [1.29, 1.82) is 0 Å². The van der Waals surface area contributed by atoms with Crippen molar-refractivity contribution in [2.45, 2.75) is 40.0 Å². The number of carbonyl (C=O) groups is 2. The summed E-state index contributed by atoms with van der Waals surface area (Å²) in [6.07, 6.45) is 2.50. The van der Waals surface area contributed by atoms with Gasteiger partial charge in [0.15, 0.2) is 0 Å². The molecule has 1 aromatic rings. The molecule has 21 heavy (non-hydrogen) atoms. The van der Waals surface area contributed by atoms with Crippen molar-refractivity contribution in [2.75, 3.05) is 19.6 Å². The Morgan fingerprint density at radius 3 is 2.52 bits per heavy atom. The fourth-order valence-corrected chi connectivity index (χ4v) is 3.57. The normalized spacial score (nSPS) is 16.0. The Hall–Kier alpha value is -1.36. The molecule has 1 aliphatic heterocycles. The van der Waals surface area contributed by atoms with E-state index >= 15 is 0 Å². The molecule has 116 valence electrons. The van der Waals surface area contributed by atoms with Gasteiger partial charge in [-0.1, -0.05) is 6.92 Å². The molecule has 0 unspecified atom stereocenters. The van der Waals surface area contributed by atoms with Crippen LogP contribution in [0.2, 0.25) is 0 Å². The second kappa shape index (κ2) is 7.07. The van der Waals surface area contributed by atoms with Crippen LogP contribution in [0, 0.1) is 19.8 Å². The molecule has 0 bridgehead atoms. The quantitative estimate of drug-likeness (QED) is 0.930. The van der Waals surface area contributed by atoms with Gasteiger partial charge >= 0.3 is 0 Å². The van der Waals surface area contributed by atoms with Gasteiger partial charge in [0.25, 0.3) is 5.91 Å². The van der Waals surface area contributed by atoms with Crippen molar-refractivity contribution < 1.29 is 9.59 Å². The third-order valence-corrected chi connectivity index (χ3v) is 5.22. The summed E-state index contributed by atoms with van der Waals surface area (Å²) in [5, 5.41) is 2.95. The van der Waals surface area contributed by atoms with Gasteiger partial charge in [-0.2, -0.15) is 0 Å². The van der Waals surface area contributed by atoms with Crippen LogP contribution < -0.4 is 5.32 Å². The number of piperidine rings is 1. The summed E-state index contributed by atoms with van der Waals surface area (Å²) in [4.78, 5) is 28.3. The molecule has 1 N–H and O–H groups in total. The van der Waals surface area contributed by atoms with Crippen LogP contribution >= 0.6 is 11.3 Å². The molecule has 2 heterocycles. The second-order valence-corrected chi connectivity index (χ2v) is 6.96. The zero-order chi connectivity index (χ0) is 15.4. The number of nitrogens with one attached hydrogen (secondary N) is 1. The number of rotatable bonds is 4. The molecule has 1 aliphatic rings. The molecule has 0 saturated carbocycles. The lowest BCUT2D eigenvalue weighted by atomic mass is 9.95. The lowest BCUT2D eigenvalue weighted by Crippen LogP contribution is -2.43. The van der Waals surface area contributed by atoms with Gasteiger partial charge in [0, 0.05) is 30.4 Å². The van der Waals surface area contributed by atoms with E-state index in [4.69, 9.17) is 0 Å². The van der Waals surface area contributed by atoms with Gasteiger partial charge in [-0.15, -0.1) is 11.3 Å². The first-order valence-electron chi connectivity index (χ1n) is 7.67. The Bertz CT molecular complexity index is 497. The highest BCUT2D eigenvalue weighted by Crippen LogP contribution is 2.25. The number of aryl methyl sites for hydroxylation is 2. The lowest BCUT2D eigenvalue weighted by Gasteiger charge is -2.31. The van der Waals surface area contributed by atoms with Gasteiger partial charge in [0.1, 0.15) is 0 Å². The molecule has 5 heteroatoms. The maximum absolute atomic E-state index is 12.4. The SMILES string of the molecule is CCCNC(=O)C1CCN(C(=O)c2cc(C)c(C)s2)CC1. The molecule has 0 aliphatic carbocycles. The molecular formula is C16H24N2O2S. The minimum atomic E-state index is 0.0624. The number of hydrogen-bond acceptors (Lipinski definition) is 3. The van der Waals surface area contributed by atoms with Gasteiger partial charge in [-0.25, -0.2) is 0 Å². The Morgan fingerprint density at radius 1 is 1.33 bits per heavy atom. The molecular weight excluding hydrogens is 284 g/mol. The van der Waals surface area contributed by atoms with Crippen molar-refractivity contribution in [2.24, 2.45) is 5.92 Å². The van der Waals surface area contributed by atoms with Gasteiger partial charge in [-0.3, -0.25) is 9.59 Å². The van der Waals surface area contributed by atoms with Crippen molar-refractivity contribution in [3.8, 4) is 0 Å². The van der Waals surface area contributed by atoms with E-state index in [1.165, 1.54) is 10.4 Å². The van der Waals surface area contributed by atoms with E-state index in [2.05, 4.69) is 5.32 Å². The van der Waals surface area contributed by atoms with E-state index in [-0.39, 0.29) is 17.7 Å². The maximum Gasteiger partial charge on any atom is 0.263 e. The summed E-state index contributed by atoms with van der Waals surface area (Å²) in [6, 6.07) is 1.97. The lowest BCUT2D eigenvalue weighted by molar-refractivity contribution is -0.126. The maximum atomic E-state index is 12.4. The largest absolute Gasteiger partial charge is 0.356 e. The molecule has 4 nitrogen and oxygen atoms in total. The fraction of sp³-hybridized carbons (Fsp3) is 0.625. The smallest absolute Gasteiger partial charge is 0.263 e. The molecule has 0 aromatic carbocycles. The van der Waals surface area contributed by atoms with E-state index in [1.54, 1.807) is 11.3 Å². The Morgan fingerprint density at radius 2 is 2.00 bits per heavy atom. The Kier molecular flexibility index (Phi) is 5.39. The average Bonchev–Trinajstić information content (AvgIpc) is 2.83. The zero-order valence-electron chi connectivity index (χ0n) is 13.1. The first kappa shape index (κ1) is 16.0. The molecule has 2 amide bonds. The van der Waals surface area contributed by atoms with Gasteiger partial charge < -0.3 is 10.2 Å². The summed E-state index contributed by atoms with van der Waals surface area (Å²) in [7, 11) is 0. The number of amides is 2. The number of likely N-dealkylation sites (tertiary alicyclic amines) is 1. The second-order valence-electron chi connectivity index (χ2n) is 5.71. The number of nitrogens with zero attached hydrogens (tertiary/aromatic N) is 1. The van der Waals surface area contributed by atoms with Gasteiger partial charge in [0.2, 0.25) is 5.91 Å². The Balaban J connectivity index is 1.88. The standard InChI is InChI=1S/C16H24N2O2S/c1-4-7-17-15(19)13-5-8-18(9-6-13)16(20)14-10-11(2)12(3)21-14/h10,13H,4-9H2,1-3H3,(H,17,19). The summed E-state index contributed by atoms with van der Waals surface area (Å²) < 4.78 is 0. The molecule has 0 spiro atoms. The third kappa shape index (κ3) is 3.84. The average molecular weight is 308 g/mol. The van der Waals surface area contributed by atoms with Crippen molar-refractivity contribution >= 4 is 23.2 Å². The fourth-order valence-electron chi connectivity index (χ4n) is 2.57. The van der Waals surface area contributed by atoms with E-state index < -0.39 is 0 Å². The minimum Gasteiger partial charge on any atom is -0.356 e. The van der Waals surface area contributed by atoms with E-state index in [0.717, 1.165) is 30.7 Å². The summed E-state index contributed by atoms with van der Waals surface area (Å²) in [5.41, 5.74) is 1.18. The first-order chi connectivity index (χ1) is 10.0. The molecule has 1 saturated heterocycles. The molecule has 0 atom stereocenters. The summed E-state index contributed by atoms with van der Waals surface area (Å²) in [6.45, 7) is 8.23. The van der Waals surface area contributed by atoms with Crippen LogP contribution in [0.15, 0.2) is 6.07 Å². The monoisotopic (exact) mass is 308 g/mol. The summed E-state index contributed by atoms with van der Waals surface area (Å²) >= 11 is 1.56. The third-order valence-electron chi connectivity index (χ3n) is 4.08. The number of thiophene rings is 1.